The van der Waals surface area contributed by atoms with Gasteiger partial charge in [0, 0.05) is 0 Å². The molecule has 1 fully saturated rings. The van der Waals surface area contributed by atoms with E-state index < -0.39 is 17.6 Å². The van der Waals surface area contributed by atoms with Gasteiger partial charge in [-0.3, -0.25) is 4.84 Å². The number of carboxylic acids is 1. The van der Waals surface area contributed by atoms with E-state index in [0.29, 0.717) is 19.7 Å². The number of ether oxygens (including phenoxy) is 1. The van der Waals surface area contributed by atoms with Gasteiger partial charge < -0.3 is 14.7 Å². The molecule has 2 rings (SSSR count). The summed E-state index contributed by atoms with van der Waals surface area (Å²) in [5.74, 6) is -1.15. The van der Waals surface area contributed by atoms with Crippen LogP contribution in [0.25, 0.3) is 0 Å². The molecule has 0 spiro atoms. The van der Waals surface area contributed by atoms with Gasteiger partial charge in [0.25, 0.3) is 0 Å². The number of hydroxylamine groups is 1. The minimum Gasteiger partial charge on any atom is -0.479 e. The first-order valence-corrected chi connectivity index (χ1v) is 7.00. The normalized spacial score (nSPS) is 15.3. The molecular weight excluding hydrogens is 288 g/mol. The van der Waals surface area contributed by atoms with E-state index in [1.165, 1.54) is 18.7 Å². The Morgan fingerprint density at radius 1 is 1.32 bits per heavy atom. The van der Waals surface area contributed by atoms with E-state index in [1.54, 1.807) is 0 Å². The van der Waals surface area contributed by atoms with Crippen LogP contribution in [0.5, 0.6) is 0 Å². The summed E-state index contributed by atoms with van der Waals surface area (Å²) in [5.41, 5.74) is 1.76. The number of hydrogen-bond donors (Lipinski definition) is 2. The largest absolute Gasteiger partial charge is 0.479 e. The maximum atomic E-state index is 11.8. The maximum Gasteiger partial charge on any atom is 0.341 e. The molecule has 1 aromatic rings. The molecule has 0 aliphatic carbocycles. The molecule has 120 valence electrons. The van der Waals surface area contributed by atoms with Crippen LogP contribution in [0.1, 0.15) is 19.4 Å². The topological polar surface area (TPSA) is 88.1 Å². The number of likely N-dealkylation sites (tertiary alicyclic amines) is 1. The summed E-state index contributed by atoms with van der Waals surface area (Å²) in [6.07, 6.45) is -0.0153. The van der Waals surface area contributed by atoms with Crippen molar-refractivity contribution in [1.82, 2.24) is 10.4 Å². The Morgan fingerprint density at radius 3 is 2.55 bits per heavy atom. The Kier molecular flexibility index (Phi) is 4.99. The Balaban J connectivity index is 1.66. The minimum absolute atomic E-state index is 0.0153. The Morgan fingerprint density at radius 2 is 1.95 bits per heavy atom. The molecule has 0 radical (unpaired) electrons. The molecular formula is C15H20N2O5. The van der Waals surface area contributed by atoms with Crippen molar-refractivity contribution in [2.75, 3.05) is 13.1 Å². The number of amides is 2. The molecule has 0 bridgehead atoms. The first kappa shape index (κ1) is 16.3. The average molecular weight is 308 g/mol. The molecule has 0 saturated carbocycles. The number of nitrogens with one attached hydrogen (secondary N) is 1. The third-order valence-corrected chi connectivity index (χ3v) is 3.37. The van der Waals surface area contributed by atoms with Crippen molar-refractivity contribution in [1.29, 1.82) is 0 Å². The average Bonchev–Trinajstić information content (AvgIpc) is 2.44. The lowest BCUT2D eigenvalue weighted by atomic mass is 10.1. The van der Waals surface area contributed by atoms with E-state index in [4.69, 9.17) is 14.7 Å². The molecule has 7 nitrogen and oxygen atoms in total. The quantitative estimate of drug-likeness (QED) is 0.775. The van der Waals surface area contributed by atoms with Crippen molar-refractivity contribution < 1.29 is 24.3 Å². The number of carbonyl (C=O) groups is 2. The highest BCUT2D eigenvalue weighted by molar-refractivity contribution is 5.77. The molecule has 2 amide bonds. The van der Waals surface area contributed by atoms with Gasteiger partial charge in [0.2, 0.25) is 0 Å². The van der Waals surface area contributed by atoms with Gasteiger partial charge in [-0.2, -0.15) is 0 Å². The van der Waals surface area contributed by atoms with Crippen molar-refractivity contribution in [2.24, 2.45) is 0 Å². The molecule has 1 aliphatic rings. The summed E-state index contributed by atoms with van der Waals surface area (Å²) < 4.78 is 5.67. The molecule has 1 saturated heterocycles. The molecule has 22 heavy (non-hydrogen) atoms. The van der Waals surface area contributed by atoms with Gasteiger partial charge in [-0.15, -0.1) is 0 Å². The summed E-state index contributed by atoms with van der Waals surface area (Å²) in [6.45, 7) is 4.13. The molecule has 7 heteroatoms. The van der Waals surface area contributed by atoms with Crippen molar-refractivity contribution in [3.63, 3.8) is 0 Å². The Hall–Kier alpha value is -2.12. The van der Waals surface area contributed by atoms with E-state index in [1.807, 2.05) is 30.3 Å². The number of rotatable bonds is 6. The van der Waals surface area contributed by atoms with Crippen molar-refractivity contribution in [3.8, 4) is 0 Å². The van der Waals surface area contributed by atoms with Crippen molar-refractivity contribution in [3.05, 3.63) is 35.9 Å². The highest BCUT2D eigenvalue weighted by Crippen LogP contribution is 2.15. The zero-order valence-electron chi connectivity index (χ0n) is 12.6. The highest BCUT2D eigenvalue weighted by atomic mass is 16.7. The van der Waals surface area contributed by atoms with Gasteiger partial charge >= 0.3 is 12.0 Å². The van der Waals surface area contributed by atoms with Gasteiger partial charge in [-0.1, -0.05) is 30.3 Å². The number of nitrogens with zero attached hydrogens (tertiary/aromatic N) is 1. The number of hydrogen-bond acceptors (Lipinski definition) is 4. The third kappa shape index (κ3) is 4.19. The van der Waals surface area contributed by atoms with Crippen LogP contribution in [0.3, 0.4) is 0 Å². The summed E-state index contributed by atoms with van der Waals surface area (Å²) in [5, 5.41) is 8.87. The molecule has 0 unspecified atom stereocenters. The SMILES string of the molecule is CC(C)(ONC(=O)N1CC(OCc2ccccc2)C1)C(=O)O. The minimum atomic E-state index is -1.47. The summed E-state index contributed by atoms with van der Waals surface area (Å²) in [7, 11) is 0. The van der Waals surface area contributed by atoms with Crippen LogP contribution in [0.15, 0.2) is 30.3 Å². The first-order chi connectivity index (χ1) is 10.4. The summed E-state index contributed by atoms with van der Waals surface area (Å²) >= 11 is 0. The smallest absolute Gasteiger partial charge is 0.341 e. The Bertz CT molecular complexity index is 526. The van der Waals surface area contributed by atoms with Gasteiger partial charge in [-0.05, 0) is 19.4 Å². The monoisotopic (exact) mass is 308 g/mol. The van der Waals surface area contributed by atoms with Crippen LogP contribution in [-0.2, 0) is 21.0 Å². The number of aliphatic carboxylic acids is 1. The van der Waals surface area contributed by atoms with E-state index in [9.17, 15) is 9.59 Å². The fourth-order valence-electron chi connectivity index (χ4n) is 1.78. The zero-order chi connectivity index (χ0) is 16.2. The number of benzene rings is 1. The van der Waals surface area contributed by atoms with Crippen LogP contribution in [0, 0.1) is 0 Å². The van der Waals surface area contributed by atoms with Crippen LogP contribution in [0.4, 0.5) is 4.79 Å². The maximum absolute atomic E-state index is 11.8. The van der Waals surface area contributed by atoms with Gasteiger partial charge in [0.15, 0.2) is 5.60 Å². The van der Waals surface area contributed by atoms with Gasteiger partial charge in [0.1, 0.15) is 0 Å². The van der Waals surface area contributed by atoms with Crippen molar-refractivity contribution >= 4 is 12.0 Å². The fourth-order valence-corrected chi connectivity index (χ4v) is 1.78. The molecule has 2 N–H and O–H groups in total. The number of urea groups is 1. The molecule has 1 aliphatic heterocycles. The fraction of sp³-hybridized carbons (Fsp3) is 0.467. The van der Waals surface area contributed by atoms with E-state index >= 15 is 0 Å². The van der Waals surface area contributed by atoms with Crippen LogP contribution in [-0.4, -0.2) is 46.8 Å². The van der Waals surface area contributed by atoms with Crippen LogP contribution in [0.2, 0.25) is 0 Å². The molecule has 1 aromatic carbocycles. The number of carboxylic acid groups (broad SMARTS) is 1. The lowest BCUT2D eigenvalue weighted by Crippen LogP contribution is -2.58. The predicted molar refractivity (Wildman–Crippen MR) is 77.9 cm³/mol. The lowest BCUT2D eigenvalue weighted by molar-refractivity contribution is -0.168. The summed E-state index contributed by atoms with van der Waals surface area (Å²) in [4.78, 5) is 29.0. The van der Waals surface area contributed by atoms with E-state index in [-0.39, 0.29) is 6.10 Å². The molecule has 0 aromatic heterocycles. The van der Waals surface area contributed by atoms with Gasteiger partial charge in [-0.25, -0.2) is 15.1 Å². The summed E-state index contributed by atoms with van der Waals surface area (Å²) in [6, 6.07) is 9.32. The Labute approximate surface area is 128 Å². The first-order valence-electron chi connectivity index (χ1n) is 7.00. The van der Waals surface area contributed by atoms with E-state index in [2.05, 4.69) is 5.48 Å². The second kappa shape index (κ2) is 6.76. The molecule has 1 heterocycles. The second-order valence-electron chi connectivity index (χ2n) is 5.65. The van der Waals surface area contributed by atoms with Gasteiger partial charge in [0.05, 0.1) is 25.8 Å². The highest BCUT2D eigenvalue weighted by Gasteiger charge is 2.34. The lowest BCUT2D eigenvalue weighted by Gasteiger charge is -2.38. The second-order valence-corrected chi connectivity index (χ2v) is 5.65. The van der Waals surface area contributed by atoms with Crippen LogP contribution < -0.4 is 5.48 Å². The van der Waals surface area contributed by atoms with E-state index in [0.717, 1.165) is 5.56 Å². The van der Waals surface area contributed by atoms with Crippen LogP contribution >= 0.6 is 0 Å². The number of carbonyl (C=O) groups excluding carboxylic acids is 1. The van der Waals surface area contributed by atoms with Crippen molar-refractivity contribution in [2.45, 2.75) is 32.2 Å². The zero-order valence-corrected chi connectivity index (χ0v) is 12.6. The predicted octanol–water partition coefficient (Wildman–Crippen LogP) is 1.39. The molecule has 0 atom stereocenters. The third-order valence-electron chi connectivity index (χ3n) is 3.37. The standard InChI is InChI=1S/C15H20N2O5/c1-15(2,13(18)19)22-16-14(20)17-8-12(9-17)21-10-11-6-4-3-5-7-11/h3-7,12H,8-10H2,1-2H3,(H,16,20)(H,18,19).